The summed E-state index contributed by atoms with van der Waals surface area (Å²) >= 11 is 0. The van der Waals surface area contributed by atoms with Gasteiger partial charge in [-0.3, -0.25) is 14.2 Å². The number of benzene rings is 2. The molecule has 0 radical (unpaired) electrons. The van der Waals surface area contributed by atoms with Crippen LogP contribution in [0.2, 0.25) is 0 Å². The number of hydrazone groups is 1. The van der Waals surface area contributed by atoms with Gasteiger partial charge in [0.2, 0.25) is 0 Å². The fourth-order valence-corrected chi connectivity index (χ4v) is 2.68. The number of hydrogen-bond acceptors (Lipinski definition) is 6. The van der Waals surface area contributed by atoms with Gasteiger partial charge in [-0.2, -0.15) is 5.10 Å². The second-order valence-electron chi connectivity index (χ2n) is 6.00. The number of amides is 1. The Labute approximate surface area is 161 Å². The summed E-state index contributed by atoms with van der Waals surface area (Å²) in [5, 5.41) is 4.41. The molecule has 0 aliphatic carbocycles. The summed E-state index contributed by atoms with van der Waals surface area (Å²) in [5.41, 5.74) is 3.46. The van der Waals surface area contributed by atoms with Crippen molar-refractivity contribution in [2.45, 2.75) is 13.0 Å². The SMILES string of the molecule is COc1ccc(/C=N\NC(=O)[C@@H](C)n2cnc3ccccc3c2=O)cc1OC. The van der Waals surface area contributed by atoms with Gasteiger partial charge >= 0.3 is 0 Å². The van der Waals surface area contributed by atoms with Crippen LogP contribution in [0.5, 0.6) is 11.5 Å². The van der Waals surface area contributed by atoms with Crippen molar-refractivity contribution in [2.24, 2.45) is 5.10 Å². The molecular weight excluding hydrogens is 360 g/mol. The predicted octanol–water partition coefficient (Wildman–Crippen LogP) is 2.12. The Morgan fingerprint density at radius 2 is 1.93 bits per heavy atom. The molecule has 3 rings (SSSR count). The van der Waals surface area contributed by atoms with E-state index in [1.807, 2.05) is 0 Å². The Hall–Kier alpha value is -3.68. The Bertz CT molecular complexity index is 1090. The summed E-state index contributed by atoms with van der Waals surface area (Å²) in [7, 11) is 3.09. The molecule has 8 heteroatoms. The lowest BCUT2D eigenvalue weighted by Crippen LogP contribution is -2.33. The van der Waals surface area contributed by atoms with Crippen molar-refractivity contribution < 1.29 is 14.3 Å². The topological polar surface area (TPSA) is 94.8 Å². The van der Waals surface area contributed by atoms with E-state index in [0.29, 0.717) is 22.4 Å². The maximum absolute atomic E-state index is 12.6. The van der Waals surface area contributed by atoms with E-state index in [2.05, 4.69) is 15.5 Å². The lowest BCUT2D eigenvalue weighted by Gasteiger charge is -2.13. The summed E-state index contributed by atoms with van der Waals surface area (Å²) in [5.74, 6) is 0.719. The molecule has 1 atom stereocenters. The van der Waals surface area contributed by atoms with Crippen molar-refractivity contribution in [3.63, 3.8) is 0 Å². The summed E-state index contributed by atoms with van der Waals surface area (Å²) in [6.45, 7) is 1.61. The van der Waals surface area contributed by atoms with Crippen molar-refractivity contribution in [1.82, 2.24) is 15.0 Å². The van der Waals surface area contributed by atoms with Crippen LogP contribution in [0.15, 0.2) is 58.7 Å². The number of fused-ring (bicyclic) bond motifs is 1. The van der Waals surface area contributed by atoms with Crippen LogP contribution in [0.1, 0.15) is 18.5 Å². The van der Waals surface area contributed by atoms with E-state index in [1.54, 1.807) is 56.5 Å². The fraction of sp³-hybridized carbons (Fsp3) is 0.200. The molecule has 1 N–H and O–H groups in total. The molecule has 1 heterocycles. The van der Waals surface area contributed by atoms with Crippen LogP contribution in [0, 0.1) is 0 Å². The average Bonchev–Trinajstić information content (AvgIpc) is 2.73. The molecule has 0 saturated heterocycles. The van der Waals surface area contributed by atoms with E-state index in [-0.39, 0.29) is 5.56 Å². The minimum atomic E-state index is -0.771. The van der Waals surface area contributed by atoms with Crippen LogP contribution < -0.4 is 20.5 Å². The summed E-state index contributed by atoms with van der Waals surface area (Å²) in [6.07, 6.45) is 2.85. The van der Waals surface area contributed by atoms with Gasteiger partial charge < -0.3 is 9.47 Å². The van der Waals surface area contributed by atoms with Crippen molar-refractivity contribution >= 4 is 23.0 Å². The van der Waals surface area contributed by atoms with Crippen LogP contribution in [-0.2, 0) is 4.79 Å². The van der Waals surface area contributed by atoms with Crippen LogP contribution in [0.25, 0.3) is 10.9 Å². The maximum Gasteiger partial charge on any atom is 0.262 e. The number of hydrogen-bond donors (Lipinski definition) is 1. The molecule has 0 spiro atoms. The summed E-state index contributed by atoms with van der Waals surface area (Å²) in [4.78, 5) is 29.2. The number of carbonyl (C=O) groups is 1. The Kier molecular flexibility index (Phi) is 5.69. The molecule has 0 aliphatic rings. The van der Waals surface area contributed by atoms with Gasteiger partial charge in [-0.15, -0.1) is 0 Å². The molecule has 0 unspecified atom stereocenters. The zero-order valence-electron chi connectivity index (χ0n) is 15.7. The zero-order valence-corrected chi connectivity index (χ0v) is 15.7. The van der Waals surface area contributed by atoms with Crippen LogP contribution in [0.3, 0.4) is 0 Å². The third-order valence-corrected chi connectivity index (χ3v) is 4.28. The Balaban J connectivity index is 1.74. The first-order valence-electron chi connectivity index (χ1n) is 8.56. The average molecular weight is 380 g/mol. The lowest BCUT2D eigenvalue weighted by molar-refractivity contribution is -0.123. The smallest absolute Gasteiger partial charge is 0.262 e. The largest absolute Gasteiger partial charge is 0.493 e. The first-order valence-corrected chi connectivity index (χ1v) is 8.56. The number of ether oxygens (including phenoxy) is 2. The molecule has 0 saturated carbocycles. The standard InChI is InChI=1S/C20H20N4O4/c1-13(24-12-21-16-7-5-4-6-15(16)20(24)26)19(25)23-22-11-14-8-9-17(27-2)18(10-14)28-3/h4-13H,1-3H3,(H,23,25)/b22-11-/t13-/m1/s1. The van der Waals surface area contributed by atoms with Crippen molar-refractivity contribution in [3.05, 3.63) is 64.7 Å². The summed E-state index contributed by atoms with van der Waals surface area (Å²) < 4.78 is 11.7. The molecule has 0 fully saturated rings. The number of aromatic nitrogens is 2. The van der Waals surface area contributed by atoms with Crippen molar-refractivity contribution in [1.29, 1.82) is 0 Å². The predicted molar refractivity (Wildman–Crippen MR) is 106 cm³/mol. The number of methoxy groups -OCH3 is 2. The van der Waals surface area contributed by atoms with Gasteiger partial charge in [0.1, 0.15) is 6.04 Å². The van der Waals surface area contributed by atoms with E-state index >= 15 is 0 Å². The minimum Gasteiger partial charge on any atom is -0.493 e. The molecule has 2 aromatic carbocycles. The number of nitrogens with zero attached hydrogens (tertiary/aromatic N) is 3. The van der Waals surface area contributed by atoms with E-state index in [4.69, 9.17) is 9.47 Å². The molecule has 1 aromatic heterocycles. The van der Waals surface area contributed by atoms with Gasteiger partial charge in [-0.05, 0) is 42.8 Å². The molecule has 1 amide bonds. The van der Waals surface area contributed by atoms with E-state index in [1.165, 1.54) is 24.2 Å². The molecular formula is C20H20N4O4. The zero-order chi connectivity index (χ0) is 20.1. The molecule has 3 aromatic rings. The first-order chi connectivity index (χ1) is 13.5. The van der Waals surface area contributed by atoms with Gasteiger partial charge in [0, 0.05) is 0 Å². The Morgan fingerprint density at radius 1 is 1.18 bits per heavy atom. The van der Waals surface area contributed by atoms with Crippen LogP contribution in [-0.4, -0.2) is 35.9 Å². The maximum atomic E-state index is 12.6. The van der Waals surface area contributed by atoms with Gasteiger partial charge in [0.05, 0.1) is 37.7 Å². The normalized spacial score (nSPS) is 12.1. The van der Waals surface area contributed by atoms with E-state index in [9.17, 15) is 9.59 Å². The second-order valence-corrected chi connectivity index (χ2v) is 6.00. The number of rotatable bonds is 6. The van der Waals surface area contributed by atoms with Gasteiger partial charge in [0.15, 0.2) is 11.5 Å². The highest BCUT2D eigenvalue weighted by Gasteiger charge is 2.17. The molecule has 0 bridgehead atoms. The lowest BCUT2D eigenvalue weighted by atomic mass is 10.2. The van der Waals surface area contributed by atoms with Crippen LogP contribution >= 0.6 is 0 Å². The van der Waals surface area contributed by atoms with Gasteiger partial charge in [0.25, 0.3) is 11.5 Å². The number of carbonyl (C=O) groups excluding carboxylic acids is 1. The minimum absolute atomic E-state index is 0.280. The molecule has 28 heavy (non-hydrogen) atoms. The summed E-state index contributed by atoms with van der Waals surface area (Å²) in [6, 6.07) is 11.5. The third-order valence-electron chi connectivity index (χ3n) is 4.28. The third kappa shape index (κ3) is 3.85. The monoisotopic (exact) mass is 380 g/mol. The Morgan fingerprint density at radius 3 is 2.68 bits per heavy atom. The van der Waals surface area contributed by atoms with Gasteiger partial charge in [-0.1, -0.05) is 12.1 Å². The number of nitrogens with one attached hydrogen (secondary N) is 1. The van der Waals surface area contributed by atoms with Crippen LogP contribution in [0.4, 0.5) is 0 Å². The fourth-order valence-electron chi connectivity index (χ4n) is 2.68. The van der Waals surface area contributed by atoms with E-state index in [0.717, 1.165) is 5.56 Å². The van der Waals surface area contributed by atoms with Crippen molar-refractivity contribution in [2.75, 3.05) is 14.2 Å². The first kappa shape index (κ1) is 19.1. The molecule has 144 valence electrons. The highest BCUT2D eigenvalue weighted by Crippen LogP contribution is 2.26. The number of para-hydroxylation sites is 1. The molecule has 8 nitrogen and oxygen atoms in total. The second kappa shape index (κ2) is 8.34. The van der Waals surface area contributed by atoms with Crippen molar-refractivity contribution in [3.8, 4) is 11.5 Å². The highest BCUT2D eigenvalue weighted by atomic mass is 16.5. The van der Waals surface area contributed by atoms with Gasteiger partial charge in [-0.25, -0.2) is 10.4 Å². The quantitative estimate of drug-likeness (QED) is 0.522. The highest BCUT2D eigenvalue weighted by molar-refractivity contribution is 5.85. The van der Waals surface area contributed by atoms with E-state index < -0.39 is 11.9 Å². The molecule has 0 aliphatic heterocycles.